The van der Waals surface area contributed by atoms with E-state index in [4.69, 9.17) is 4.43 Å². The normalized spacial score (nSPS) is 25.5. The monoisotopic (exact) mass is 349 g/mol. The molecule has 1 amide bonds. The number of amides is 1. The Hall–Kier alpha value is -0.0936. The summed E-state index contributed by atoms with van der Waals surface area (Å²) in [5.41, 5.74) is 0. The van der Waals surface area contributed by atoms with Crippen LogP contribution in [0.1, 0.15) is 27.7 Å². The molecule has 3 nitrogen and oxygen atoms in total. The molecule has 5 heteroatoms. The zero-order valence-electron chi connectivity index (χ0n) is 12.9. The van der Waals surface area contributed by atoms with E-state index < -0.39 is 8.32 Å². The molecule has 1 heterocycles. The van der Waals surface area contributed by atoms with Crippen molar-refractivity contribution in [1.82, 2.24) is 5.32 Å². The molecule has 0 spiro atoms. The van der Waals surface area contributed by atoms with Gasteiger partial charge in [0.1, 0.15) is 0 Å². The molecule has 1 aliphatic rings. The van der Waals surface area contributed by atoms with Crippen LogP contribution in [0.25, 0.3) is 0 Å². The third kappa shape index (κ3) is 3.94. The van der Waals surface area contributed by atoms with Crippen LogP contribution in [0.4, 0.5) is 0 Å². The molecule has 1 saturated heterocycles. The maximum absolute atomic E-state index is 11.8. The summed E-state index contributed by atoms with van der Waals surface area (Å²) < 4.78 is 6.35. The van der Waals surface area contributed by atoms with Crippen LogP contribution in [0.5, 0.6) is 0 Å². The minimum atomic E-state index is -1.80. The number of nitrogens with one attached hydrogen (secondary N) is 1. The maximum atomic E-state index is 11.8. The minimum absolute atomic E-state index is 0.0198. The van der Waals surface area contributed by atoms with Gasteiger partial charge in [0.15, 0.2) is 0 Å². The molecule has 1 rings (SSSR count). The Morgan fingerprint density at radius 3 is 2.53 bits per heavy atom. The molecular weight excluding hydrogens is 321 g/mol. The van der Waals surface area contributed by atoms with E-state index in [1.165, 1.54) is 0 Å². The van der Waals surface area contributed by atoms with Crippen molar-refractivity contribution in [3.63, 3.8) is 0 Å². The Labute approximate surface area is 124 Å². The van der Waals surface area contributed by atoms with Crippen LogP contribution in [0, 0.1) is 5.92 Å². The molecule has 3 atom stereocenters. The molecule has 0 aromatic heterocycles. The van der Waals surface area contributed by atoms with Crippen molar-refractivity contribution in [1.29, 1.82) is 0 Å². The average Bonchev–Trinajstić information content (AvgIpc) is 2.20. The van der Waals surface area contributed by atoms with Gasteiger partial charge in [0.05, 0.1) is 0 Å². The number of carbonyl (C=O) groups is 1. The zero-order valence-corrected chi connectivity index (χ0v) is 15.7. The fraction of sp³-hybridized carbons (Fsp3) is 0.786. The van der Waals surface area contributed by atoms with Crippen LogP contribution in [0.2, 0.25) is 23.5 Å². The molecule has 1 aliphatic heterocycles. The molecule has 1 N–H and O–H groups in total. The molecule has 0 bridgehead atoms. The average molecular weight is 348 g/mol. The van der Waals surface area contributed by atoms with Crippen molar-refractivity contribution in [2.45, 2.75) is 62.2 Å². The first-order chi connectivity index (χ1) is 8.60. The van der Waals surface area contributed by atoms with Gasteiger partial charge in [0, 0.05) is 0 Å². The number of hydrogen-bond donors (Lipinski definition) is 1. The first-order valence-corrected chi connectivity index (χ1v) is 11.9. The number of carbonyl (C=O) groups excluding carboxylic acids is 1. The Kier molecular flexibility index (Phi) is 5.47. The van der Waals surface area contributed by atoms with Crippen molar-refractivity contribution in [2.24, 2.45) is 5.92 Å². The first kappa shape index (κ1) is 17.0. The van der Waals surface area contributed by atoms with Crippen molar-refractivity contribution in [3.8, 4) is 0 Å². The molecule has 0 radical (unpaired) electrons. The van der Waals surface area contributed by atoms with E-state index >= 15 is 0 Å². The molecule has 0 aliphatic carbocycles. The molecule has 1 fully saturated rings. The van der Waals surface area contributed by atoms with E-state index in [-0.39, 0.29) is 23.0 Å². The van der Waals surface area contributed by atoms with Gasteiger partial charge in [0.25, 0.3) is 0 Å². The van der Waals surface area contributed by atoms with Crippen LogP contribution in [-0.2, 0) is 9.22 Å². The summed E-state index contributed by atoms with van der Waals surface area (Å²) in [6.45, 7) is 17.0. The second-order valence-corrected chi connectivity index (χ2v) is 13.9. The van der Waals surface area contributed by atoms with Gasteiger partial charge in [-0.25, -0.2) is 0 Å². The van der Waals surface area contributed by atoms with Gasteiger partial charge in [-0.15, -0.1) is 0 Å². The predicted molar refractivity (Wildman–Crippen MR) is 83.9 cm³/mol. The van der Waals surface area contributed by atoms with Gasteiger partial charge in [-0.05, 0) is 0 Å². The quantitative estimate of drug-likeness (QED) is 0.455. The molecule has 110 valence electrons. The van der Waals surface area contributed by atoms with Gasteiger partial charge >= 0.3 is 124 Å². The molecule has 0 aromatic rings. The second-order valence-electron chi connectivity index (χ2n) is 6.66. The number of allylic oxidation sites excluding steroid dienone is 1. The van der Waals surface area contributed by atoms with Gasteiger partial charge < -0.3 is 0 Å². The molecule has 0 aromatic carbocycles. The van der Waals surface area contributed by atoms with Crippen molar-refractivity contribution in [3.05, 3.63) is 12.7 Å². The summed E-state index contributed by atoms with van der Waals surface area (Å²) in [6, 6.07) is 0. The van der Waals surface area contributed by atoms with Gasteiger partial charge in [-0.2, -0.15) is 0 Å². The van der Waals surface area contributed by atoms with Gasteiger partial charge in [0.2, 0.25) is 0 Å². The summed E-state index contributed by atoms with van der Waals surface area (Å²) in [6.07, 6.45) is 1.95. The van der Waals surface area contributed by atoms with Crippen LogP contribution in [-0.4, -0.2) is 40.2 Å². The Morgan fingerprint density at radius 1 is 1.53 bits per heavy atom. The fourth-order valence-corrected chi connectivity index (χ4v) is 5.59. The molecule has 0 unspecified atom stereocenters. The van der Waals surface area contributed by atoms with E-state index in [0.29, 0.717) is 19.9 Å². The summed E-state index contributed by atoms with van der Waals surface area (Å²) in [5.74, 6) is 0.191. The first-order valence-electron chi connectivity index (χ1n) is 6.81. The number of hydrogen-bond acceptors (Lipinski definition) is 2. The topological polar surface area (TPSA) is 38.3 Å². The Morgan fingerprint density at radius 2 is 2.11 bits per heavy atom. The Balaban J connectivity index is 2.64. The van der Waals surface area contributed by atoms with E-state index in [9.17, 15) is 4.79 Å². The SMILES string of the molecule is C=CC[Se][C@H]1NC(=O)[C@@H]1[C@@H](C)O[Si](C)(C)C(C)(C)C. The van der Waals surface area contributed by atoms with E-state index in [0.717, 1.165) is 5.32 Å². The van der Waals surface area contributed by atoms with Crippen LogP contribution in [0.15, 0.2) is 12.7 Å². The van der Waals surface area contributed by atoms with Gasteiger partial charge in [-0.3, -0.25) is 0 Å². The molecule has 0 saturated carbocycles. The number of rotatable bonds is 6. The molecule has 19 heavy (non-hydrogen) atoms. The van der Waals surface area contributed by atoms with Crippen LogP contribution < -0.4 is 5.32 Å². The predicted octanol–water partition coefficient (Wildman–Crippen LogP) is 2.78. The zero-order chi connectivity index (χ0) is 14.8. The fourth-order valence-electron chi connectivity index (χ4n) is 1.86. The summed E-state index contributed by atoms with van der Waals surface area (Å²) in [5, 5.41) is 4.19. The summed E-state index contributed by atoms with van der Waals surface area (Å²) in [4.78, 5) is 12.1. The third-order valence-electron chi connectivity index (χ3n) is 4.10. The van der Waals surface area contributed by atoms with Crippen molar-refractivity contribution < 1.29 is 9.22 Å². The molecular formula is C14H27NO2SeSi. The third-order valence-corrected chi connectivity index (χ3v) is 11.2. The summed E-state index contributed by atoms with van der Waals surface area (Å²) >= 11 is 0.394. The number of β-lactam (4-membered cyclic amide) rings is 1. The van der Waals surface area contributed by atoms with Crippen molar-refractivity contribution in [2.75, 3.05) is 0 Å². The Bertz CT molecular complexity index is 352. The second kappa shape index (κ2) is 6.13. The van der Waals surface area contributed by atoms with Crippen LogP contribution >= 0.6 is 0 Å². The van der Waals surface area contributed by atoms with Gasteiger partial charge in [-0.1, -0.05) is 0 Å². The standard InChI is InChI=1S/C14H27NO2SeSi/c1-8-9-18-13-11(12(16)15-13)10(2)17-19(6,7)14(3,4)5/h8,10-11,13H,1,9H2,2-7H3,(H,15,16)/t10-,11+,13-/m1/s1. The van der Waals surface area contributed by atoms with Crippen LogP contribution in [0.3, 0.4) is 0 Å². The van der Waals surface area contributed by atoms with Crippen molar-refractivity contribution >= 4 is 29.2 Å². The summed E-state index contributed by atoms with van der Waals surface area (Å²) in [7, 11) is -1.80. The van der Waals surface area contributed by atoms with E-state index in [1.807, 2.05) is 6.08 Å². The van der Waals surface area contributed by atoms with E-state index in [1.54, 1.807) is 0 Å². The van der Waals surface area contributed by atoms with E-state index in [2.05, 4.69) is 52.7 Å².